The van der Waals surface area contributed by atoms with E-state index in [1.54, 1.807) is 12.1 Å². The number of fused-ring (bicyclic) bond motifs is 1. The first-order chi connectivity index (χ1) is 9.12. The summed E-state index contributed by atoms with van der Waals surface area (Å²) < 4.78 is 5.59. The molecule has 4 N–H and O–H groups in total. The SMILES string of the molecule is CCC(CC)(CO)CNc1nc2ccc(N)cc2o1. The molecule has 2 rings (SSSR count). The van der Waals surface area contributed by atoms with E-state index in [9.17, 15) is 5.11 Å². The molecule has 0 saturated heterocycles. The molecule has 104 valence electrons. The summed E-state index contributed by atoms with van der Waals surface area (Å²) in [6.07, 6.45) is 1.81. The molecule has 5 nitrogen and oxygen atoms in total. The van der Waals surface area contributed by atoms with Gasteiger partial charge in [-0.25, -0.2) is 0 Å². The number of nitrogens with two attached hydrogens (primary N) is 1. The van der Waals surface area contributed by atoms with Crippen molar-refractivity contribution in [1.82, 2.24) is 4.98 Å². The van der Waals surface area contributed by atoms with E-state index < -0.39 is 0 Å². The maximum atomic E-state index is 9.52. The molecule has 0 spiro atoms. The van der Waals surface area contributed by atoms with Crippen LogP contribution in [0.1, 0.15) is 26.7 Å². The van der Waals surface area contributed by atoms with Gasteiger partial charge in [0.05, 0.1) is 6.61 Å². The minimum Gasteiger partial charge on any atom is -0.423 e. The van der Waals surface area contributed by atoms with Crippen LogP contribution in [-0.2, 0) is 0 Å². The van der Waals surface area contributed by atoms with Gasteiger partial charge in [0, 0.05) is 23.7 Å². The predicted octanol–water partition coefficient (Wildman–Crippen LogP) is 2.62. The van der Waals surface area contributed by atoms with Crippen molar-refractivity contribution in [3.8, 4) is 0 Å². The van der Waals surface area contributed by atoms with Crippen LogP contribution in [0.15, 0.2) is 22.6 Å². The third kappa shape index (κ3) is 2.81. The number of hydrogen-bond acceptors (Lipinski definition) is 5. The number of nitrogen functional groups attached to an aromatic ring is 1. The number of oxazole rings is 1. The number of aliphatic hydroxyl groups excluding tert-OH is 1. The summed E-state index contributed by atoms with van der Waals surface area (Å²) in [6, 6.07) is 5.86. The molecule has 0 unspecified atom stereocenters. The molecule has 0 amide bonds. The quantitative estimate of drug-likeness (QED) is 0.698. The van der Waals surface area contributed by atoms with Gasteiger partial charge in [-0.15, -0.1) is 0 Å². The zero-order valence-corrected chi connectivity index (χ0v) is 11.4. The first kappa shape index (κ1) is 13.7. The minimum atomic E-state index is -0.125. The van der Waals surface area contributed by atoms with Crippen molar-refractivity contribution in [3.05, 3.63) is 18.2 Å². The van der Waals surface area contributed by atoms with Gasteiger partial charge in [-0.3, -0.25) is 0 Å². The molecule has 0 aliphatic heterocycles. The van der Waals surface area contributed by atoms with Gasteiger partial charge in [-0.1, -0.05) is 13.8 Å². The highest BCUT2D eigenvalue weighted by molar-refractivity contribution is 5.78. The summed E-state index contributed by atoms with van der Waals surface area (Å²) in [6.45, 7) is 4.95. The van der Waals surface area contributed by atoms with Gasteiger partial charge in [0.2, 0.25) is 0 Å². The number of benzene rings is 1. The summed E-state index contributed by atoms with van der Waals surface area (Å²) >= 11 is 0. The molecule has 0 atom stereocenters. The zero-order chi connectivity index (χ0) is 13.9. The van der Waals surface area contributed by atoms with Crippen LogP contribution in [0.3, 0.4) is 0 Å². The summed E-state index contributed by atoms with van der Waals surface area (Å²) in [7, 11) is 0. The van der Waals surface area contributed by atoms with Crippen molar-refractivity contribution in [2.24, 2.45) is 5.41 Å². The minimum absolute atomic E-state index is 0.125. The fourth-order valence-corrected chi connectivity index (χ4v) is 2.06. The second-order valence-electron chi connectivity index (χ2n) is 4.96. The van der Waals surface area contributed by atoms with Crippen molar-refractivity contribution in [3.63, 3.8) is 0 Å². The van der Waals surface area contributed by atoms with E-state index >= 15 is 0 Å². The van der Waals surface area contributed by atoms with Crippen molar-refractivity contribution in [2.45, 2.75) is 26.7 Å². The Labute approximate surface area is 112 Å². The van der Waals surface area contributed by atoms with Crippen LogP contribution in [0.25, 0.3) is 11.1 Å². The molecule has 5 heteroatoms. The van der Waals surface area contributed by atoms with Crippen LogP contribution in [0.5, 0.6) is 0 Å². The number of aliphatic hydroxyl groups is 1. The summed E-state index contributed by atoms with van der Waals surface area (Å²) in [4.78, 5) is 4.34. The van der Waals surface area contributed by atoms with E-state index in [-0.39, 0.29) is 12.0 Å². The molecule has 0 fully saturated rings. The fourth-order valence-electron chi connectivity index (χ4n) is 2.06. The fraction of sp³-hybridized carbons (Fsp3) is 0.500. The lowest BCUT2D eigenvalue weighted by molar-refractivity contribution is 0.126. The maximum Gasteiger partial charge on any atom is 0.295 e. The van der Waals surface area contributed by atoms with Crippen LogP contribution in [0.4, 0.5) is 11.7 Å². The van der Waals surface area contributed by atoms with Gasteiger partial charge in [0.15, 0.2) is 5.58 Å². The molecule has 1 aromatic carbocycles. The average molecular weight is 263 g/mol. The topological polar surface area (TPSA) is 84.3 Å². The molecular formula is C14H21N3O2. The summed E-state index contributed by atoms with van der Waals surface area (Å²) in [5.41, 5.74) is 7.68. The molecule has 19 heavy (non-hydrogen) atoms. The number of nitrogens with zero attached hydrogens (tertiary/aromatic N) is 1. The first-order valence-corrected chi connectivity index (χ1v) is 6.63. The second kappa shape index (κ2) is 5.48. The highest BCUT2D eigenvalue weighted by atomic mass is 16.4. The molecule has 0 saturated carbocycles. The number of anilines is 2. The van der Waals surface area contributed by atoms with E-state index in [4.69, 9.17) is 10.2 Å². The number of aromatic nitrogens is 1. The lowest BCUT2D eigenvalue weighted by atomic mass is 9.83. The summed E-state index contributed by atoms with van der Waals surface area (Å²) in [5.74, 6) is 0. The Morgan fingerprint density at radius 1 is 1.37 bits per heavy atom. The highest BCUT2D eigenvalue weighted by Crippen LogP contribution is 2.27. The predicted molar refractivity (Wildman–Crippen MR) is 77.0 cm³/mol. The van der Waals surface area contributed by atoms with Gasteiger partial charge < -0.3 is 20.6 Å². The maximum absolute atomic E-state index is 9.52. The van der Waals surface area contributed by atoms with Crippen molar-refractivity contribution < 1.29 is 9.52 Å². The number of nitrogens with one attached hydrogen (secondary N) is 1. The van der Waals surface area contributed by atoms with Gasteiger partial charge in [-0.05, 0) is 25.0 Å². The first-order valence-electron chi connectivity index (χ1n) is 6.63. The Morgan fingerprint density at radius 2 is 2.11 bits per heavy atom. The lowest BCUT2D eigenvalue weighted by Gasteiger charge is -2.29. The molecule has 0 aliphatic rings. The average Bonchev–Trinajstić information content (AvgIpc) is 2.83. The van der Waals surface area contributed by atoms with Crippen LogP contribution < -0.4 is 11.1 Å². The van der Waals surface area contributed by atoms with Crippen molar-refractivity contribution in [2.75, 3.05) is 24.2 Å². The Morgan fingerprint density at radius 3 is 2.74 bits per heavy atom. The standard InChI is InChI=1S/C14H21N3O2/c1-3-14(4-2,9-18)8-16-13-17-11-6-5-10(15)7-12(11)19-13/h5-7,18H,3-4,8-9,15H2,1-2H3,(H,16,17). The van der Waals surface area contributed by atoms with Crippen molar-refractivity contribution >= 4 is 22.8 Å². The Bertz CT molecular complexity index is 538. The molecule has 0 aliphatic carbocycles. The van der Waals surface area contributed by atoms with E-state index in [1.807, 2.05) is 6.07 Å². The molecule has 0 bridgehead atoms. The smallest absolute Gasteiger partial charge is 0.295 e. The van der Waals surface area contributed by atoms with Gasteiger partial charge in [0.1, 0.15) is 5.52 Å². The van der Waals surface area contributed by atoms with Crippen LogP contribution in [0.2, 0.25) is 0 Å². The van der Waals surface area contributed by atoms with E-state index in [0.717, 1.165) is 18.4 Å². The molecule has 1 heterocycles. The van der Waals surface area contributed by atoms with Gasteiger partial charge in [0.25, 0.3) is 6.01 Å². The molecule has 1 aromatic heterocycles. The second-order valence-corrected chi connectivity index (χ2v) is 4.96. The largest absolute Gasteiger partial charge is 0.423 e. The lowest BCUT2D eigenvalue weighted by Crippen LogP contribution is -2.32. The zero-order valence-electron chi connectivity index (χ0n) is 11.4. The van der Waals surface area contributed by atoms with Gasteiger partial charge >= 0.3 is 0 Å². The highest BCUT2D eigenvalue weighted by Gasteiger charge is 2.25. The normalized spacial score (nSPS) is 11.9. The third-order valence-electron chi connectivity index (χ3n) is 3.86. The van der Waals surface area contributed by atoms with E-state index in [1.165, 1.54) is 0 Å². The summed E-state index contributed by atoms with van der Waals surface area (Å²) in [5, 5.41) is 12.7. The van der Waals surface area contributed by atoms with Crippen LogP contribution in [-0.4, -0.2) is 23.2 Å². The number of hydrogen-bond donors (Lipinski definition) is 3. The third-order valence-corrected chi connectivity index (χ3v) is 3.86. The Kier molecular flexibility index (Phi) is 3.95. The van der Waals surface area contributed by atoms with E-state index in [2.05, 4.69) is 24.1 Å². The monoisotopic (exact) mass is 263 g/mol. The Balaban J connectivity index is 2.13. The molecular weight excluding hydrogens is 242 g/mol. The Hall–Kier alpha value is -1.75. The molecule has 0 radical (unpaired) electrons. The van der Waals surface area contributed by atoms with E-state index in [0.29, 0.717) is 23.8 Å². The van der Waals surface area contributed by atoms with Crippen LogP contribution in [0, 0.1) is 5.41 Å². The number of rotatable bonds is 6. The van der Waals surface area contributed by atoms with Crippen LogP contribution >= 0.6 is 0 Å². The van der Waals surface area contributed by atoms with Crippen molar-refractivity contribution in [1.29, 1.82) is 0 Å². The molecule has 2 aromatic rings. The van der Waals surface area contributed by atoms with Gasteiger partial charge in [-0.2, -0.15) is 4.98 Å².